The SMILES string of the molecule is Cc1cccc(C(=O)Nc2nnc(S(=O)(=O)N[C@H](C)COc3ccccc3)s2)c1. The lowest BCUT2D eigenvalue weighted by Gasteiger charge is -2.13. The van der Waals surface area contributed by atoms with Crippen molar-refractivity contribution >= 4 is 32.4 Å². The lowest BCUT2D eigenvalue weighted by molar-refractivity contribution is 0.102. The third-order valence-corrected chi connectivity index (χ3v) is 6.53. The molecule has 3 aromatic rings. The van der Waals surface area contributed by atoms with Gasteiger partial charge in [0.05, 0.1) is 6.04 Å². The average Bonchev–Trinajstić information content (AvgIpc) is 3.16. The minimum absolute atomic E-state index is 0.102. The highest BCUT2D eigenvalue weighted by Gasteiger charge is 2.23. The van der Waals surface area contributed by atoms with Crippen molar-refractivity contribution in [1.29, 1.82) is 0 Å². The highest BCUT2D eigenvalue weighted by molar-refractivity contribution is 7.91. The summed E-state index contributed by atoms with van der Waals surface area (Å²) in [5.74, 6) is 0.266. The Morgan fingerprint density at radius 1 is 1.14 bits per heavy atom. The number of ether oxygens (including phenoxy) is 1. The summed E-state index contributed by atoms with van der Waals surface area (Å²) in [6.45, 7) is 3.71. The van der Waals surface area contributed by atoms with E-state index < -0.39 is 16.1 Å². The molecule has 0 fully saturated rings. The molecule has 29 heavy (non-hydrogen) atoms. The van der Waals surface area contributed by atoms with E-state index in [9.17, 15) is 13.2 Å². The minimum Gasteiger partial charge on any atom is -0.492 e. The zero-order valence-electron chi connectivity index (χ0n) is 15.8. The molecule has 2 N–H and O–H groups in total. The van der Waals surface area contributed by atoms with Gasteiger partial charge in [-0.2, -0.15) is 0 Å². The predicted octanol–water partition coefficient (Wildman–Crippen LogP) is 2.84. The highest BCUT2D eigenvalue weighted by atomic mass is 32.2. The molecular formula is C19H20N4O4S2. The quantitative estimate of drug-likeness (QED) is 0.530. The Balaban J connectivity index is 1.60. The molecule has 1 atom stereocenters. The molecule has 0 spiro atoms. The van der Waals surface area contributed by atoms with Gasteiger partial charge < -0.3 is 4.74 Å². The fourth-order valence-corrected chi connectivity index (χ4v) is 4.55. The monoisotopic (exact) mass is 432 g/mol. The summed E-state index contributed by atoms with van der Waals surface area (Å²) in [7, 11) is -3.89. The topological polar surface area (TPSA) is 110 Å². The van der Waals surface area contributed by atoms with Crippen molar-refractivity contribution < 1.29 is 17.9 Å². The summed E-state index contributed by atoms with van der Waals surface area (Å²) in [5, 5.41) is 10.1. The molecule has 2 aromatic carbocycles. The van der Waals surface area contributed by atoms with E-state index in [1.165, 1.54) is 0 Å². The molecule has 1 aromatic heterocycles. The first kappa shape index (κ1) is 20.9. The smallest absolute Gasteiger partial charge is 0.270 e. The molecule has 10 heteroatoms. The molecule has 0 unspecified atom stereocenters. The first-order valence-electron chi connectivity index (χ1n) is 8.75. The summed E-state index contributed by atoms with van der Waals surface area (Å²) >= 11 is 0.778. The molecule has 152 valence electrons. The number of carbonyl (C=O) groups excluding carboxylic acids is 1. The molecule has 0 saturated carbocycles. The number of amides is 1. The number of sulfonamides is 1. The molecule has 3 rings (SSSR count). The summed E-state index contributed by atoms with van der Waals surface area (Å²) in [6.07, 6.45) is 0. The number of hydrogen-bond acceptors (Lipinski definition) is 7. The Morgan fingerprint density at radius 3 is 2.62 bits per heavy atom. The second kappa shape index (κ2) is 9.12. The van der Waals surface area contributed by atoms with E-state index in [2.05, 4.69) is 20.2 Å². The van der Waals surface area contributed by atoms with Crippen molar-refractivity contribution in [2.75, 3.05) is 11.9 Å². The van der Waals surface area contributed by atoms with Crippen molar-refractivity contribution in [3.05, 3.63) is 65.7 Å². The van der Waals surface area contributed by atoms with Gasteiger partial charge in [0.25, 0.3) is 15.9 Å². The summed E-state index contributed by atoms with van der Waals surface area (Å²) < 4.78 is 32.8. The van der Waals surface area contributed by atoms with Crippen molar-refractivity contribution in [1.82, 2.24) is 14.9 Å². The van der Waals surface area contributed by atoms with Crippen LogP contribution in [0, 0.1) is 6.92 Å². The fraction of sp³-hybridized carbons (Fsp3) is 0.211. The maximum Gasteiger partial charge on any atom is 0.270 e. The number of anilines is 1. The number of aryl methyl sites for hydroxylation is 1. The van der Waals surface area contributed by atoms with E-state index in [1.54, 1.807) is 37.3 Å². The van der Waals surface area contributed by atoms with Gasteiger partial charge in [0.1, 0.15) is 12.4 Å². The van der Waals surface area contributed by atoms with E-state index in [0.29, 0.717) is 11.3 Å². The maximum absolute atomic E-state index is 12.5. The van der Waals surface area contributed by atoms with Gasteiger partial charge in [-0.25, -0.2) is 13.1 Å². The molecule has 8 nitrogen and oxygen atoms in total. The normalized spacial score (nSPS) is 12.3. The van der Waals surface area contributed by atoms with Gasteiger partial charge in [0.15, 0.2) is 0 Å². The average molecular weight is 433 g/mol. The fourth-order valence-electron chi connectivity index (χ4n) is 2.41. The minimum atomic E-state index is -3.89. The van der Waals surface area contributed by atoms with Crippen LogP contribution in [0.5, 0.6) is 5.75 Å². The van der Waals surface area contributed by atoms with Crippen molar-refractivity contribution in [3.8, 4) is 5.75 Å². The largest absolute Gasteiger partial charge is 0.492 e. The number of aromatic nitrogens is 2. The van der Waals surface area contributed by atoms with E-state index in [-0.39, 0.29) is 22.0 Å². The van der Waals surface area contributed by atoms with Gasteiger partial charge in [-0.3, -0.25) is 10.1 Å². The molecule has 1 amide bonds. The number of nitrogens with zero attached hydrogens (tertiary/aromatic N) is 2. The van der Waals surface area contributed by atoms with E-state index in [0.717, 1.165) is 16.9 Å². The van der Waals surface area contributed by atoms with E-state index in [4.69, 9.17) is 4.74 Å². The summed E-state index contributed by atoms with van der Waals surface area (Å²) in [6, 6.07) is 15.6. The van der Waals surface area contributed by atoms with Gasteiger partial charge in [0.2, 0.25) is 9.47 Å². The van der Waals surface area contributed by atoms with Crippen LogP contribution >= 0.6 is 11.3 Å². The molecular weight excluding hydrogens is 412 g/mol. The second-order valence-electron chi connectivity index (χ2n) is 6.34. The van der Waals surface area contributed by atoms with E-state index in [1.807, 2.05) is 31.2 Å². The van der Waals surface area contributed by atoms with Crippen LogP contribution in [0.25, 0.3) is 0 Å². The van der Waals surface area contributed by atoms with Gasteiger partial charge in [-0.05, 0) is 38.1 Å². The molecule has 0 bridgehead atoms. The Labute approximate surface area is 173 Å². The lowest BCUT2D eigenvalue weighted by Crippen LogP contribution is -2.36. The third-order valence-electron chi connectivity index (χ3n) is 3.74. The first-order valence-corrected chi connectivity index (χ1v) is 11.0. The van der Waals surface area contributed by atoms with Crippen LogP contribution in [0.2, 0.25) is 0 Å². The zero-order valence-corrected chi connectivity index (χ0v) is 17.5. The molecule has 0 aliphatic carbocycles. The van der Waals surface area contributed by atoms with Crippen LogP contribution in [-0.2, 0) is 10.0 Å². The maximum atomic E-state index is 12.5. The van der Waals surface area contributed by atoms with Crippen molar-refractivity contribution in [3.63, 3.8) is 0 Å². The number of para-hydroxylation sites is 1. The Bertz CT molecular complexity index is 1080. The van der Waals surface area contributed by atoms with Crippen LogP contribution in [-0.4, -0.2) is 37.2 Å². The van der Waals surface area contributed by atoms with Crippen LogP contribution in [0.15, 0.2) is 58.9 Å². The zero-order chi connectivity index (χ0) is 20.9. The Morgan fingerprint density at radius 2 is 1.90 bits per heavy atom. The van der Waals surface area contributed by atoms with Crippen LogP contribution in [0.1, 0.15) is 22.8 Å². The third kappa shape index (κ3) is 5.83. The second-order valence-corrected chi connectivity index (χ2v) is 9.21. The number of hydrogen-bond donors (Lipinski definition) is 2. The summed E-state index contributed by atoms with van der Waals surface area (Å²) in [5.41, 5.74) is 1.39. The first-order chi connectivity index (χ1) is 13.8. The van der Waals surface area contributed by atoms with Gasteiger partial charge >= 0.3 is 0 Å². The van der Waals surface area contributed by atoms with Crippen LogP contribution in [0.4, 0.5) is 5.13 Å². The standard InChI is InChI=1S/C19H20N4O4S2/c1-13-7-6-8-15(11-13)17(24)20-18-21-22-19(28-18)29(25,26)23-14(2)12-27-16-9-4-3-5-10-16/h3-11,14,23H,12H2,1-2H3,(H,20,21,24)/t14-/m1/s1. The summed E-state index contributed by atoms with van der Waals surface area (Å²) in [4.78, 5) is 12.3. The number of benzene rings is 2. The Kier molecular flexibility index (Phi) is 6.57. The van der Waals surface area contributed by atoms with Gasteiger partial charge in [-0.15, -0.1) is 10.2 Å². The molecule has 0 aliphatic rings. The number of nitrogens with one attached hydrogen (secondary N) is 2. The van der Waals surface area contributed by atoms with Crippen molar-refractivity contribution in [2.24, 2.45) is 0 Å². The molecule has 0 aliphatic heterocycles. The Hall–Kier alpha value is -2.82. The molecule has 0 saturated heterocycles. The lowest BCUT2D eigenvalue weighted by atomic mass is 10.1. The molecule has 0 radical (unpaired) electrons. The van der Waals surface area contributed by atoms with E-state index >= 15 is 0 Å². The van der Waals surface area contributed by atoms with Crippen molar-refractivity contribution in [2.45, 2.75) is 24.2 Å². The number of rotatable bonds is 8. The van der Waals surface area contributed by atoms with Crippen LogP contribution < -0.4 is 14.8 Å². The van der Waals surface area contributed by atoms with Crippen LogP contribution in [0.3, 0.4) is 0 Å². The predicted molar refractivity (Wildman–Crippen MR) is 111 cm³/mol. The highest BCUT2D eigenvalue weighted by Crippen LogP contribution is 2.21. The molecule has 1 heterocycles. The number of carbonyl (C=O) groups is 1. The van der Waals surface area contributed by atoms with Gasteiger partial charge in [-0.1, -0.05) is 47.2 Å². The van der Waals surface area contributed by atoms with Gasteiger partial charge in [0, 0.05) is 5.56 Å².